The highest BCUT2D eigenvalue weighted by Gasteiger charge is 2.14. The van der Waals surface area contributed by atoms with E-state index >= 15 is 0 Å². The standard InChI is InChI=1S/C12H9Cl3N6/c1-20-3-2-8(19-20)6-21-5-7(4-16-21)10-9(13)11(14)18-12(15)17-10/h2-5H,6H2,1H3. The van der Waals surface area contributed by atoms with Gasteiger partial charge in [-0.25, -0.2) is 9.97 Å². The van der Waals surface area contributed by atoms with Gasteiger partial charge in [-0.15, -0.1) is 0 Å². The summed E-state index contributed by atoms with van der Waals surface area (Å²) in [5, 5.41) is 8.96. The van der Waals surface area contributed by atoms with Gasteiger partial charge in [0.2, 0.25) is 5.28 Å². The first-order valence-corrected chi connectivity index (χ1v) is 7.06. The van der Waals surface area contributed by atoms with Crippen LogP contribution in [0.2, 0.25) is 15.5 Å². The van der Waals surface area contributed by atoms with Gasteiger partial charge >= 0.3 is 0 Å². The van der Waals surface area contributed by atoms with E-state index in [2.05, 4.69) is 20.2 Å². The zero-order chi connectivity index (χ0) is 15.0. The molecule has 0 bridgehead atoms. The summed E-state index contributed by atoms with van der Waals surface area (Å²) >= 11 is 17.8. The molecule has 0 aliphatic carbocycles. The van der Waals surface area contributed by atoms with Gasteiger partial charge in [0.25, 0.3) is 0 Å². The maximum absolute atomic E-state index is 6.10. The minimum atomic E-state index is 0.0388. The third-order valence-corrected chi connectivity index (χ3v) is 3.68. The van der Waals surface area contributed by atoms with E-state index in [-0.39, 0.29) is 15.5 Å². The van der Waals surface area contributed by atoms with Crippen LogP contribution in [0.3, 0.4) is 0 Å². The van der Waals surface area contributed by atoms with Gasteiger partial charge < -0.3 is 0 Å². The molecular formula is C12H9Cl3N6. The SMILES string of the molecule is Cn1ccc(Cn2cc(-c3nc(Cl)nc(Cl)c3Cl)cn2)n1. The van der Waals surface area contributed by atoms with Crippen molar-refractivity contribution >= 4 is 34.8 Å². The van der Waals surface area contributed by atoms with Crippen molar-refractivity contribution in [2.75, 3.05) is 0 Å². The van der Waals surface area contributed by atoms with Crippen LogP contribution in [-0.4, -0.2) is 29.5 Å². The van der Waals surface area contributed by atoms with Crippen LogP contribution in [0.4, 0.5) is 0 Å². The van der Waals surface area contributed by atoms with Gasteiger partial charge in [-0.3, -0.25) is 9.36 Å². The van der Waals surface area contributed by atoms with E-state index in [1.165, 1.54) is 0 Å². The summed E-state index contributed by atoms with van der Waals surface area (Å²) in [6, 6.07) is 1.92. The molecule has 3 aromatic heterocycles. The van der Waals surface area contributed by atoms with E-state index in [1.54, 1.807) is 21.8 Å². The lowest BCUT2D eigenvalue weighted by atomic mass is 10.2. The van der Waals surface area contributed by atoms with Crippen LogP contribution in [0.1, 0.15) is 5.69 Å². The zero-order valence-electron chi connectivity index (χ0n) is 10.8. The second-order valence-corrected chi connectivity index (χ2v) is 5.43. The van der Waals surface area contributed by atoms with Gasteiger partial charge in [-0.05, 0) is 17.7 Å². The topological polar surface area (TPSA) is 61.4 Å². The second kappa shape index (κ2) is 5.63. The zero-order valence-corrected chi connectivity index (χ0v) is 13.1. The number of aryl methyl sites for hydroxylation is 1. The Labute approximate surface area is 135 Å². The molecule has 0 spiro atoms. The van der Waals surface area contributed by atoms with Crippen molar-refractivity contribution in [2.24, 2.45) is 7.05 Å². The second-order valence-electron chi connectivity index (χ2n) is 4.35. The van der Waals surface area contributed by atoms with E-state index in [0.29, 0.717) is 17.8 Å². The Morgan fingerprint density at radius 3 is 2.71 bits per heavy atom. The molecule has 3 aromatic rings. The van der Waals surface area contributed by atoms with Crippen molar-refractivity contribution in [2.45, 2.75) is 6.54 Å². The lowest BCUT2D eigenvalue weighted by Crippen LogP contribution is -2.01. The molecule has 3 heterocycles. The molecule has 0 aromatic carbocycles. The summed E-state index contributed by atoms with van der Waals surface area (Å²) in [6.07, 6.45) is 5.32. The third kappa shape index (κ3) is 3.02. The Hall–Kier alpha value is -1.63. The average Bonchev–Trinajstić information content (AvgIpc) is 3.04. The van der Waals surface area contributed by atoms with Crippen molar-refractivity contribution in [3.8, 4) is 11.3 Å². The molecule has 21 heavy (non-hydrogen) atoms. The number of hydrogen-bond acceptors (Lipinski definition) is 4. The van der Waals surface area contributed by atoms with Crippen LogP contribution in [0.25, 0.3) is 11.3 Å². The molecule has 0 amide bonds. The highest BCUT2D eigenvalue weighted by Crippen LogP contribution is 2.31. The van der Waals surface area contributed by atoms with Crippen LogP contribution in [0.15, 0.2) is 24.7 Å². The highest BCUT2D eigenvalue weighted by atomic mass is 35.5. The quantitative estimate of drug-likeness (QED) is 0.541. The normalized spacial score (nSPS) is 11.0. The lowest BCUT2D eigenvalue weighted by molar-refractivity contribution is 0.650. The van der Waals surface area contributed by atoms with Gasteiger partial charge in [0, 0.05) is 25.0 Å². The summed E-state index contributed by atoms with van der Waals surface area (Å²) < 4.78 is 3.47. The molecular weight excluding hydrogens is 335 g/mol. The Morgan fingerprint density at radius 1 is 1.19 bits per heavy atom. The first-order valence-electron chi connectivity index (χ1n) is 5.93. The van der Waals surface area contributed by atoms with Crippen LogP contribution < -0.4 is 0 Å². The third-order valence-electron chi connectivity index (χ3n) is 2.78. The largest absolute Gasteiger partial charge is 0.275 e. The van der Waals surface area contributed by atoms with Gasteiger partial charge in [0.1, 0.15) is 5.02 Å². The van der Waals surface area contributed by atoms with Crippen LogP contribution in [0, 0.1) is 0 Å². The monoisotopic (exact) mass is 342 g/mol. The highest BCUT2D eigenvalue weighted by molar-refractivity contribution is 6.43. The molecule has 0 unspecified atom stereocenters. The molecule has 0 saturated heterocycles. The summed E-state index contributed by atoms with van der Waals surface area (Å²) in [7, 11) is 1.86. The summed E-state index contributed by atoms with van der Waals surface area (Å²) in [4.78, 5) is 7.88. The number of nitrogens with zero attached hydrogens (tertiary/aromatic N) is 6. The summed E-state index contributed by atoms with van der Waals surface area (Å²) in [6.45, 7) is 0.547. The molecule has 0 fully saturated rings. The van der Waals surface area contributed by atoms with E-state index in [4.69, 9.17) is 34.8 Å². The number of halogens is 3. The maximum Gasteiger partial charge on any atom is 0.224 e. The summed E-state index contributed by atoms with van der Waals surface area (Å²) in [5.41, 5.74) is 2.06. The number of hydrogen-bond donors (Lipinski definition) is 0. The molecule has 0 aliphatic rings. The van der Waals surface area contributed by atoms with E-state index in [0.717, 1.165) is 5.69 Å². The molecule has 0 N–H and O–H groups in total. The fourth-order valence-electron chi connectivity index (χ4n) is 1.87. The first-order chi connectivity index (χ1) is 10.0. The van der Waals surface area contributed by atoms with Crippen molar-refractivity contribution in [3.05, 3.63) is 45.8 Å². The average molecular weight is 344 g/mol. The number of rotatable bonds is 3. The van der Waals surface area contributed by atoms with Crippen LogP contribution in [0.5, 0.6) is 0 Å². The van der Waals surface area contributed by atoms with Crippen molar-refractivity contribution < 1.29 is 0 Å². The molecule has 6 nitrogen and oxygen atoms in total. The fourth-order valence-corrected chi connectivity index (χ4v) is 2.45. The van der Waals surface area contributed by atoms with Crippen molar-refractivity contribution in [1.82, 2.24) is 29.5 Å². The Kier molecular flexibility index (Phi) is 3.84. The molecule has 0 radical (unpaired) electrons. The minimum Gasteiger partial charge on any atom is -0.275 e. The molecule has 0 atom stereocenters. The van der Waals surface area contributed by atoms with Crippen molar-refractivity contribution in [3.63, 3.8) is 0 Å². The fraction of sp³-hybridized carbons (Fsp3) is 0.167. The molecule has 108 valence electrons. The van der Waals surface area contributed by atoms with Crippen LogP contribution >= 0.6 is 34.8 Å². The predicted octanol–water partition coefficient (Wildman–Crippen LogP) is 3.08. The van der Waals surface area contributed by atoms with Gasteiger partial charge in [0.15, 0.2) is 5.15 Å². The van der Waals surface area contributed by atoms with Crippen LogP contribution in [-0.2, 0) is 13.6 Å². The number of aromatic nitrogens is 6. The Morgan fingerprint density at radius 2 is 2.00 bits per heavy atom. The molecule has 9 heteroatoms. The first kappa shape index (κ1) is 14.3. The molecule has 3 rings (SSSR count). The molecule has 0 saturated carbocycles. The Bertz CT molecular complexity index is 794. The van der Waals surface area contributed by atoms with Gasteiger partial charge in [-0.2, -0.15) is 10.2 Å². The van der Waals surface area contributed by atoms with E-state index in [9.17, 15) is 0 Å². The smallest absolute Gasteiger partial charge is 0.224 e. The van der Waals surface area contributed by atoms with Crippen molar-refractivity contribution in [1.29, 1.82) is 0 Å². The Balaban J connectivity index is 1.91. The molecule has 0 aliphatic heterocycles. The predicted molar refractivity (Wildman–Crippen MR) is 80.6 cm³/mol. The van der Waals surface area contributed by atoms with Gasteiger partial charge in [0.05, 0.1) is 24.1 Å². The van der Waals surface area contributed by atoms with E-state index < -0.39 is 0 Å². The minimum absolute atomic E-state index is 0.0388. The summed E-state index contributed by atoms with van der Waals surface area (Å²) in [5.74, 6) is 0. The maximum atomic E-state index is 6.10. The lowest BCUT2D eigenvalue weighted by Gasteiger charge is -2.02. The van der Waals surface area contributed by atoms with E-state index in [1.807, 2.05) is 19.3 Å². The van der Waals surface area contributed by atoms with Gasteiger partial charge in [-0.1, -0.05) is 23.2 Å².